The van der Waals surface area contributed by atoms with Crippen molar-refractivity contribution < 1.29 is 4.79 Å². The fraction of sp³-hybridized carbons (Fsp3) is 0.214. The van der Waals surface area contributed by atoms with Crippen LogP contribution in [0.3, 0.4) is 0 Å². The Morgan fingerprint density at radius 3 is 2.16 bits per heavy atom. The molecule has 38 heavy (non-hydrogen) atoms. The molecule has 0 bridgehead atoms. The van der Waals surface area contributed by atoms with Crippen LogP contribution in [-0.2, 0) is 19.9 Å². The maximum absolute atomic E-state index is 13.5. The molecule has 0 saturated heterocycles. The SMILES string of the molecule is Cc1ccc(N(CCC(=N)N)C(=O)c2ccc3c(c2)nc(CCc2ccc(C(=N)N)cc2)n3C)cc1.Cl.Cl. The number of aryl methyl sites for hydroxylation is 4. The normalized spacial score (nSPS) is 10.4. The first kappa shape index (κ1) is 30.3. The van der Waals surface area contributed by atoms with Gasteiger partial charge in [0, 0.05) is 43.2 Å². The summed E-state index contributed by atoms with van der Waals surface area (Å²) >= 11 is 0. The minimum absolute atomic E-state index is 0. The number of carbonyl (C=O) groups is 1. The van der Waals surface area contributed by atoms with E-state index in [9.17, 15) is 4.79 Å². The van der Waals surface area contributed by atoms with Crippen LogP contribution in [0, 0.1) is 17.7 Å². The Morgan fingerprint density at radius 1 is 0.921 bits per heavy atom. The number of amides is 1. The number of halogens is 2. The largest absolute Gasteiger partial charge is 0.388 e. The van der Waals surface area contributed by atoms with Gasteiger partial charge >= 0.3 is 0 Å². The second kappa shape index (κ2) is 13.1. The van der Waals surface area contributed by atoms with E-state index in [2.05, 4.69) is 4.57 Å². The molecule has 0 aliphatic heterocycles. The summed E-state index contributed by atoms with van der Waals surface area (Å²) in [5, 5.41) is 15.1. The summed E-state index contributed by atoms with van der Waals surface area (Å²) in [6.45, 7) is 2.32. The fourth-order valence-electron chi connectivity index (χ4n) is 4.17. The summed E-state index contributed by atoms with van der Waals surface area (Å²) in [4.78, 5) is 20.0. The quantitative estimate of drug-likeness (QED) is 0.175. The topological polar surface area (TPSA) is 138 Å². The molecule has 0 unspecified atom stereocenters. The van der Waals surface area contributed by atoms with Crippen molar-refractivity contribution in [1.82, 2.24) is 9.55 Å². The van der Waals surface area contributed by atoms with Gasteiger partial charge in [0.1, 0.15) is 11.7 Å². The van der Waals surface area contributed by atoms with Crippen LogP contribution >= 0.6 is 24.8 Å². The molecule has 6 N–H and O–H groups in total. The van der Waals surface area contributed by atoms with Gasteiger partial charge in [0.2, 0.25) is 0 Å². The zero-order valence-electron chi connectivity index (χ0n) is 21.4. The molecule has 0 saturated carbocycles. The molecule has 0 fully saturated rings. The number of nitrogens with one attached hydrogen (secondary N) is 2. The van der Waals surface area contributed by atoms with Crippen LogP contribution in [0.25, 0.3) is 11.0 Å². The van der Waals surface area contributed by atoms with Crippen LogP contribution in [0.1, 0.15) is 39.3 Å². The lowest BCUT2D eigenvalue weighted by atomic mass is 10.1. The third-order valence-corrected chi connectivity index (χ3v) is 6.32. The molecule has 8 nitrogen and oxygen atoms in total. The highest BCUT2D eigenvalue weighted by Crippen LogP contribution is 2.22. The van der Waals surface area contributed by atoms with E-state index in [0.29, 0.717) is 24.1 Å². The van der Waals surface area contributed by atoms with E-state index in [1.54, 1.807) is 4.90 Å². The number of hydrogen-bond donors (Lipinski definition) is 4. The number of nitrogens with two attached hydrogens (primary N) is 2. The molecule has 0 spiro atoms. The maximum Gasteiger partial charge on any atom is 0.258 e. The molecule has 0 aliphatic rings. The van der Waals surface area contributed by atoms with Crippen molar-refractivity contribution in [1.29, 1.82) is 10.8 Å². The lowest BCUT2D eigenvalue weighted by Gasteiger charge is -2.23. The Kier molecular flexibility index (Phi) is 10.4. The highest BCUT2D eigenvalue weighted by molar-refractivity contribution is 6.08. The molecule has 0 atom stereocenters. The van der Waals surface area contributed by atoms with Gasteiger partial charge in [-0.1, -0.05) is 42.0 Å². The van der Waals surface area contributed by atoms with E-state index in [-0.39, 0.29) is 42.4 Å². The van der Waals surface area contributed by atoms with Crippen molar-refractivity contribution in [2.45, 2.75) is 26.2 Å². The van der Waals surface area contributed by atoms with E-state index in [0.717, 1.165) is 46.5 Å². The van der Waals surface area contributed by atoms with Gasteiger partial charge in [0.15, 0.2) is 0 Å². The second-order valence-electron chi connectivity index (χ2n) is 8.97. The molecule has 10 heteroatoms. The Morgan fingerprint density at radius 2 is 1.55 bits per heavy atom. The molecule has 1 aromatic heterocycles. The van der Waals surface area contributed by atoms with Gasteiger partial charge < -0.3 is 20.9 Å². The molecular weight excluding hydrogens is 521 g/mol. The van der Waals surface area contributed by atoms with Crippen LogP contribution in [0.5, 0.6) is 0 Å². The highest BCUT2D eigenvalue weighted by atomic mass is 35.5. The molecule has 1 heterocycles. The van der Waals surface area contributed by atoms with Crippen LogP contribution in [0.4, 0.5) is 5.69 Å². The van der Waals surface area contributed by atoms with E-state index in [1.165, 1.54) is 0 Å². The van der Waals surface area contributed by atoms with Gasteiger partial charge in [0.05, 0.1) is 16.9 Å². The first-order chi connectivity index (χ1) is 17.2. The summed E-state index contributed by atoms with van der Waals surface area (Å²) in [6.07, 6.45) is 1.83. The lowest BCUT2D eigenvalue weighted by molar-refractivity contribution is 0.0987. The smallest absolute Gasteiger partial charge is 0.258 e. The maximum atomic E-state index is 13.5. The lowest BCUT2D eigenvalue weighted by Crippen LogP contribution is -2.34. The number of nitrogen functional groups attached to an aromatic ring is 1. The standard InChI is InChI=1S/C28H31N7O.2ClH/c1-18-3-11-22(12-4-18)35(16-15-25(29)30)28(36)21-10-13-24-23(17-21)33-26(34(24)2)14-7-19-5-8-20(9-6-19)27(31)32;;/h3-6,8-13,17H,7,14-16H2,1-2H3,(H3,29,30)(H3,31,32);2*1H. The third kappa shape index (κ3) is 6.90. The average Bonchev–Trinajstić information content (AvgIpc) is 3.18. The number of imidazole rings is 1. The molecular formula is C28H33Cl2N7O. The van der Waals surface area contributed by atoms with Gasteiger partial charge in [0.25, 0.3) is 5.91 Å². The minimum atomic E-state index is -0.153. The molecule has 200 valence electrons. The molecule has 4 aromatic rings. The number of aromatic nitrogens is 2. The summed E-state index contributed by atoms with van der Waals surface area (Å²) in [7, 11) is 1.98. The number of hydrogen-bond acceptors (Lipinski definition) is 4. The summed E-state index contributed by atoms with van der Waals surface area (Å²) in [5.74, 6) is 0.877. The van der Waals surface area contributed by atoms with Crippen LogP contribution in [-0.4, -0.2) is 33.7 Å². The summed E-state index contributed by atoms with van der Waals surface area (Å²) in [6, 6.07) is 21.0. The second-order valence-corrected chi connectivity index (χ2v) is 8.97. The zero-order chi connectivity index (χ0) is 25.8. The number of benzene rings is 3. The Labute approximate surface area is 234 Å². The molecule has 3 aromatic carbocycles. The number of amidine groups is 2. The van der Waals surface area contributed by atoms with Crippen molar-refractivity contribution in [2.24, 2.45) is 18.5 Å². The molecule has 4 rings (SSSR count). The van der Waals surface area contributed by atoms with Crippen LogP contribution < -0.4 is 16.4 Å². The van der Waals surface area contributed by atoms with Crippen LogP contribution in [0.2, 0.25) is 0 Å². The predicted octanol–water partition coefficient (Wildman–Crippen LogP) is 4.77. The van der Waals surface area contributed by atoms with Gasteiger partial charge in [-0.05, 0) is 49.2 Å². The molecule has 1 amide bonds. The van der Waals surface area contributed by atoms with Gasteiger partial charge in [-0.2, -0.15) is 0 Å². The number of rotatable bonds is 9. The Balaban J connectivity index is 0.00000253. The monoisotopic (exact) mass is 553 g/mol. The summed E-state index contributed by atoms with van der Waals surface area (Å²) in [5.41, 5.74) is 17.1. The predicted molar refractivity (Wildman–Crippen MR) is 159 cm³/mol. The van der Waals surface area contributed by atoms with Crippen molar-refractivity contribution in [3.63, 3.8) is 0 Å². The minimum Gasteiger partial charge on any atom is -0.388 e. The van der Waals surface area contributed by atoms with Gasteiger partial charge in [-0.3, -0.25) is 15.6 Å². The third-order valence-electron chi connectivity index (χ3n) is 6.32. The van der Waals surface area contributed by atoms with Crippen molar-refractivity contribution in [3.8, 4) is 0 Å². The van der Waals surface area contributed by atoms with Crippen LogP contribution in [0.15, 0.2) is 66.7 Å². The number of carbonyl (C=O) groups excluding carboxylic acids is 1. The van der Waals surface area contributed by atoms with E-state index < -0.39 is 0 Å². The Hall–Kier alpha value is -3.88. The molecule has 0 radical (unpaired) electrons. The number of nitrogens with zero attached hydrogens (tertiary/aromatic N) is 3. The zero-order valence-corrected chi connectivity index (χ0v) is 23.0. The number of fused-ring (bicyclic) bond motifs is 1. The Bertz CT molecular complexity index is 1430. The van der Waals surface area contributed by atoms with Crippen molar-refractivity contribution in [2.75, 3.05) is 11.4 Å². The summed E-state index contributed by atoms with van der Waals surface area (Å²) < 4.78 is 2.06. The van der Waals surface area contributed by atoms with E-state index >= 15 is 0 Å². The van der Waals surface area contributed by atoms with E-state index in [4.69, 9.17) is 27.3 Å². The average molecular weight is 555 g/mol. The molecule has 0 aliphatic carbocycles. The van der Waals surface area contributed by atoms with E-state index in [1.807, 2.05) is 80.7 Å². The van der Waals surface area contributed by atoms with Crippen molar-refractivity contribution in [3.05, 3.63) is 94.8 Å². The van der Waals surface area contributed by atoms with Gasteiger partial charge in [-0.25, -0.2) is 4.98 Å². The first-order valence-corrected chi connectivity index (χ1v) is 11.8. The fourth-order valence-corrected chi connectivity index (χ4v) is 4.17. The first-order valence-electron chi connectivity index (χ1n) is 11.8. The van der Waals surface area contributed by atoms with Gasteiger partial charge in [-0.15, -0.1) is 24.8 Å². The number of anilines is 1. The van der Waals surface area contributed by atoms with Crippen molar-refractivity contribution >= 4 is 59.1 Å². The highest BCUT2D eigenvalue weighted by Gasteiger charge is 2.19.